The maximum Gasteiger partial charge on any atom is 0.492 e. The van der Waals surface area contributed by atoms with Gasteiger partial charge in [0, 0.05) is 45.1 Å². The van der Waals surface area contributed by atoms with E-state index in [1.807, 2.05) is 60.7 Å². The number of hydrogen-bond donors (Lipinski definition) is 2. The molecule has 2 heterocycles. The average molecular weight is 833 g/mol. The van der Waals surface area contributed by atoms with Crippen molar-refractivity contribution >= 4 is 111 Å². The molecule has 0 aliphatic heterocycles. The summed E-state index contributed by atoms with van der Waals surface area (Å²) in [5, 5.41) is 22.7. The van der Waals surface area contributed by atoms with Gasteiger partial charge < -0.3 is 26.3 Å². The van der Waals surface area contributed by atoms with Crippen LogP contribution in [0.3, 0.4) is 0 Å². The number of rotatable bonds is 2. The number of halogens is 3. The third kappa shape index (κ3) is 7.37. The zero-order valence-corrected chi connectivity index (χ0v) is 29.5. The molecule has 45 heavy (non-hydrogen) atoms. The van der Waals surface area contributed by atoms with Crippen LogP contribution in [-0.2, 0) is 0 Å². The molecule has 0 radical (unpaired) electrons. The van der Waals surface area contributed by atoms with E-state index in [0.29, 0.717) is 11.0 Å². The minimum absolute atomic E-state index is 0. The lowest BCUT2D eigenvalue weighted by Gasteiger charge is -2.02. The standard InChI is InChI=1S/C18H11BrO.C12H9BO3.C6H4BrI.CH3/c19-13-10-8-12(9-11-13)14-5-3-6-16-15-4-1-2-7-17(15)20-18(14)16;14-13(15)10-6-3-5-9-8-4-1-2-7-11(8)16-12(9)10;7-5-1-3-6(8)4-2-5;/h1-11H;1-7,14-15H;1-4H;1H3/q;;;-1. The fourth-order valence-electron chi connectivity index (χ4n) is 5.01. The Morgan fingerprint density at radius 2 is 0.978 bits per heavy atom. The van der Waals surface area contributed by atoms with Crippen molar-refractivity contribution in [3.05, 3.63) is 153 Å². The maximum absolute atomic E-state index is 9.24. The van der Waals surface area contributed by atoms with Crippen molar-refractivity contribution in [3.63, 3.8) is 0 Å². The molecule has 0 bridgehead atoms. The van der Waals surface area contributed by atoms with Gasteiger partial charge in [-0.05, 0) is 76.7 Å². The van der Waals surface area contributed by atoms with Crippen LogP contribution in [0.4, 0.5) is 0 Å². The summed E-state index contributed by atoms with van der Waals surface area (Å²) < 4.78 is 15.2. The predicted octanol–water partition coefficient (Wildman–Crippen LogP) is 10.8. The Morgan fingerprint density at radius 1 is 0.511 bits per heavy atom. The smallest absolute Gasteiger partial charge is 0.456 e. The predicted molar refractivity (Wildman–Crippen MR) is 204 cm³/mol. The van der Waals surface area contributed by atoms with Gasteiger partial charge in [-0.2, -0.15) is 0 Å². The molecule has 0 atom stereocenters. The van der Waals surface area contributed by atoms with Gasteiger partial charge in [0.15, 0.2) is 0 Å². The summed E-state index contributed by atoms with van der Waals surface area (Å²) in [6, 6.07) is 43.9. The molecule has 224 valence electrons. The van der Waals surface area contributed by atoms with Crippen LogP contribution in [0, 0.1) is 11.0 Å². The maximum atomic E-state index is 9.24. The van der Waals surface area contributed by atoms with Crippen LogP contribution in [0.15, 0.2) is 151 Å². The Labute approximate surface area is 292 Å². The number of hydrogen-bond acceptors (Lipinski definition) is 4. The monoisotopic (exact) mass is 831 g/mol. The summed E-state index contributed by atoms with van der Waals surface area (Å²) in [5.41, 5.74) is 5.88. The number of furan rings is 2. The van der Waals surface area contributed by atoms with Crippen LogP contribution in [0.1, 0.15) is 0 Å². The minimum Gasteiger partial charge on any atom is -0.456 e. The van der Waals surface area contributed by atoms with E-state index in [4.69, 9.17) is 8.83 Å². The van der Waals surface area contributed by atoms with Crippen LogP contribution in [0.25, 0.3) is 55.0 Å². The molecule has 2 N–H and O–H groups in total. The summed E-state index contributed by atoms with van der Waals surface area (Å²) in [6.45, 7) is 0. The highest BCUT2D eigenvalue weighted by Crippen LogP contribution is 2.36. The van der Waals surface area contributed by atoms with Crippen molar-refractivity contribution in [2.24, 2.45) is 0 Å². The first-order chi connectivity index (χ1) is 21.4. The van der Waals surface area contributed by atoms with E-state index in [-0.39, 0.29) is 7.43 Å². The van der Waals surface area contributed by atoms with Crippen molar-refractivity contribution in [1.82, 2.24) is 0 Å². The van der Waals surface area contributed by atoms with Crippen molar-refractivity contribution in [2.45, 2.75) is 0 Å². The lowest BCUT2D eigenvalue weighted by molar-refractivity contribution is 0.425. The van der Waals surface area contributed by atoms with Crippen LogP contribution < -0.4 is 5.46 Å². The fourth-order valence-corrected chi connectivity index (χ4v) is 5.89. The molecule has 0 fully saturated rings. The number of para-hydroxylation sites is 4. The van der Waals surface area contributed by atoms with Crippen LogP contribution in [-0.4, -0.2) is 17.2 Å². The zero-order chi connectivity index (χ0) is 30.6. The van der Waals surface area contributed by atoms with Gasteiger partial charge in [0.1, 0.15) is 22.3 Å². The van der Waals surface area contributed by atoms with Gasteiger partial charge in [-0.3, -0.25) is 0 Å². The molecule has 8 heteroatoms. The summed E-state index contributed by atoms with van der Waals surface area (Å²) in [5.74, 6) is 0. The Bertz CT molecular complexity index is 2170. The minimum atomic E-state index is -1.51. The normalized spacial score (nSPS) is 10.6. The Hall–Kier alpha value is -3.41. The van der Waals surface area contributed by atoms with Gasteiger partial charge >= 0.3 is 7.12 Å². The summed E-state index contributed by atoms with van der Waals surface area (Å²) in [6.07, 6.45) is 0. The summed E-state index contributed by atoms with van der Waals surface area (Å²) in [4.78, 5) is 0. The molecule has 0 unspecified atom stereocenters. The molecule has 0 aliphatic rings. The highest BCUT2D eigenvalue weighted by Gasteiger charge is 2.18. The third-order valence-corrected chi connectivity index (χ3v) is 8.85. The van der Waals surface area contributed by atoms with Gasteiger partial charge in [0.05, 0.1) is 0 Å². The Balaban J connectivity index is 0.000000143. The van der Waals surface area contributed by atoms with Gasteiger partial charge in [-0.1, -0.05) is 117 Å². The van der Waals surface area contributed by atoms with Crippen molar-refractivity contribution in [1.29, 1.82) is 0 Å². The largest absolute Gasteiger partial charge is 0.492 e. The molecular weight excluding hydrogens is 806 g/mol. The second-order valence-electron chi connectivity index (χ2n) is 9.92. The summed E-state index contributed by atoms with van der Waals surface area (Å²) in [7, 11) is -1.51. The first-order valence-electron chi connectivity index (χ1n) is 13.7. The zero-order valence-electron chi connectivity index (χ0n) is 24.1. The molecule has 0 aliphatic carbocycles. The molecule has 8 aromatic rings. The highest BCUT2D eigenvalue weighted by atomic mass is 127. The van der Waals surface area contributed by atoms with E-state index in [2.05, 4.69) is 115 Å². The lowest BCUT2D eigenvalue weighted by atomic mass is 9.79. The van der Waals surface area contributed by atoms with E-state index in [1.54, 1.807) is 12.1 Å². The van der Waals surface area contributed by atoms with Gasteiger partial charge in [0.2, 0.25) is 0 Å². The lowest BCUT2D eigenvalue weighted by Crippen LogP contribution is -2.29. The molecule has 6 aromatic carbocycles. The number of fused-ring (bicyclic) bond motifs is 6. The first-order valence-corrected chi connectivity index (χ1v) is 16.4. The molecule has 0 saturated carbocycles. The van der Waals surface area contributed by atoms with Gasteiger partial charge in [-0.15, -0.1) is 0 Å². The first kappa shape index (κ1) is 33.0. The Morgan fingerprint density at radius 3 is 1.53 bits per heavy atom. The molecule has 0 saturated heterocycles. The summed E-state index contributed by atoms with van der Waals surface area (Å²) >= 11 is 9.09. The van der Waals surface area contributed by atoms with E-state index >= 15 is 0 Å². The SMILES string of the molecule is Brc1ccc(-c2cccc3c2oc2ccccc23)cc1.Brc1ccc(I)cc1.OB(O)c1cccc2c1oc1ccccc12.[CH3-]. The van der Waals surface area contributed by atoms with Crippen LogP contribution in [0.2, 0.25) is 0 Å². The quantitative estimate of drug-likeness (QED) is 0.103. The van der Waals surface area contributed by atoms with Crippen molar-refractivity contribution in [2.75, 3.05) is 0 Å². The molecule has 2 aromatic heterocycles. The number of benzene rings is 6. The topological polar surface area (TPSA) is 66.7 Å². The molecular formula is C37H27BBr2IO4-. The van der Waals surface area contributed by atoms with Gasteiger partial charge in [0.25, 0.3) is 0 Å². The molecule has 0 amide bonds. The van der Waals surface area contributed by atoms with E-state index < -0.39 is 7.12 Å². The third-order valence-electron chi connectivity index (χ3n) is 7.08. The molecule has 8 rings (SSSR count). The Kier molecular flexibility index (Phi) is 10.8. The van der Waals surface area contributed by atoms with Crippen LogP contribution >= 0.6 is 54.5 Å². The van der Waals surface area contributed by atoms with Crippen molar-refractivity contribution in [3.8, 4) is 11.1 Å². The van der Waals surface area contributed by atoms with E-state index in [9.17, 15) is 10.0 Å². The second-order valence-corrected chi connectivity index (χ2v) is 13.0. The second kappa shape index (κ2) is 14.8. The fraction of sp³-hybridized carbons (Fsp3) is 0. The average Bonchev–Trinajstić information content (AvgIpc) is 3.62. The highest BCUT2D eigenvalue weighted by molar-refractivity contribution is 14.1. The molecule has 4 nitrogen and oxygen atoms in total. The van der Waals surface area contributed by atoms with Crippen molar-refractivity contribution < 1.29 is 18.9 Å². The van der Waals surface area contributed by atoms with Crippen LogP contribution in [0.5, 0.6) is 0 Å². The molecule has 0 spiro atoms. The van der Waals surface area contributed by atoms with Gasteiger partial charge in [-0.25, -0.2) is 0 Å². The van der Waals surface area contributed by atoms with E-state index in [0.717, 1.165) is 47.6 Å². The van der Waals surface area contributed by atoms with E-state index in [1.165, 1.54) is 14.3 Å².